The van der Waals surface area contributed by atoms with E-state index in [9.17, 15) is 0 Å². The third kappa shape index (κ3) is 3.21. The van der Waals surface area contributed by atoms with E-state index in [-0.39, 0.29) is 0 Å². The molecule has 0 N–H and O–H groups in total. The molecular weight excluding hydrogens is 336 g/mol. The average Bonchev–Trinajstić information content (AvgIpc) is 3.37. The Balaban J connectivity index is 1.39. The second kappa shape index (κ2) is 6.78. The van der Waals surface area contributed by atoms with E-state index in [0.29, 0.717) is 6.04 Å². The Kier molecular flexibility index (Phi) is 4.13. The van der Waals surface area contributed by atoms with Crippen molar-refractivity contribution in [1.82, 2.24) is 24.6 Å². The van der Waals surface area contributed by atoms with Crippen LogP contribution in [-0.4, -0.2) is 56.9 Å². The number of fused-ring (bicyclic) bond motifs is 1. The Bertz CT molecular complexity index is 949. The van der Waals surface area contributed by atoms with E-state index in [1.807, 2.05) is 29.3 Å². The molecule has 138 valence electrons. The van der Waals surface area contributed by atoms with Crippen molar-refractivity contribution in [3.63, 3.8) is 0 Å². The number of benzene rings is 1. The Hall–Kier alpha value is -2.73. The van der Waals surface area contributed by atoms with Gasteiger partial charge in [0, 0.05) is 43.6 Å². The molecule has 0 amide bonds. The first-order chi connectivity index (χ1) is 13.3. The Morgan fingerprint density at radius 1 is 1.11 bits per heavy atom. The second-order valence-electron chi connectivity index (χ2n) is 7.53. The number of nitrogens with zero attached hydrogens (tertiary/aromatic N) is 6. The summed E-state index contributed by atoms with van der Waals surface area (Å²) in [4.78, 5) is 14.3. The maximum atomic E-state index is 4.85. The van der Waals surface area contributed by atoms with Crippen LogP contribution in [0.1, 0.15) is 18.4 Å². The SMILES string of the molecule is Cc1cccc(-n2cc(-c3ccnc(N4CCN5CCC[C@H]5C4)n3)cn2)c1. The molecule has 27 heavy (non-hydrogen) atoms. The highest BCUT2D eigenvalue weighted by Crippen LogP contribution is 2.25. The van der Waals surface area contributed by atoms with Crippen molar-refractivity contribution in [3.8, 4) is 16.9 Å². The van der Waals surface area contributed by atoms with E-state index in [4.69, 9.17) is 4.98 Å². The topological polar surface area (TPSA) is 50.1 Å². The van der Waals surface area contributed by atoms with Crippen molar-refractivity contribution in [3.05, 3.63) is 54.5 Å². The van der Waals surface area contributed by atoms with Crippen LogP contribution >= 0.6 is 0 Å². The summed E-state index contributed by atoms with van der Waals surface area (Å²) in [5.41, 5.74) is 4.22. The molecule has 0 saturated carbocycles. The minimum absolute atomic E-state index is 0.662. The quantitative estimate of drug-likeness (QED) is 0.719. The second-order valence-corrected chi connectivity index (χ2v) is 7.53. The van der Waals surface area contributed by atoms with Gasteiger partial charge in [-0.3, -0.25) is 4.90 Å². The van der Waals surface area contributed by atoms with Gasteiger partial charge in [0.25, 0.3) is 0 Å². The van der Waals surface area contributed by atoms with Gasteiger partial charge in [-0.05, 0) is 50.1 Å². The molecule has 1 aromatic carbocycles. The summed E-state index contributed by atoms with van der Waals surface area (Å²) in [5.74, 6) is 0.836. The molecule has 5 rings (SSSR count). The summed E-state index contributed by atoms with van der Waals surface area (Å²) in [6.45, 7) is 6.49. The van der Waals surface area contributed by atoms with Crippen molar-refractivity contribution >= 4 is 5.95 Å². The lowest BCUT2D eigenvalue weighted by Gasteiger charge is -2.37. The maximum absolute atomic E-state index is 4.85. The van der Waals surface area contributed by atoms with E-state index < -0.39 is 0 Å². The van der Waals surface area contributed by atoms with E-state index in [1.165, 1.54) is 24.9 Å². The highest BCUT2D eigenvalue weighted by Gasteiger charge is 2.31. The molecule has 0 aliphatic carbocycles. The number of aryl methyl sites for hydroxylation is 1. The summed E-state index contributed by atoms with van der Waals surface area (Å²) >= 11 is 0. The molecule has 0 unspecified atom stereocenters. The molecule has 0 spiro atoms. The minimum atomic E-state index is 0.662. The highest BCUT2D eigenvalue weighted by molar-refractivity contribution is 5.59. The van der Waals surface area contributed by atoms with Crippen LogP contribution < -0.4 is 4.90 Å². The Morgan fingerprint density at radius 3 is 3.00 bits per heavy atom. The lowest BCUT2D eigenvalue weighted by molar-refractivity contribution is 0.229. The van der Waals surface area contributed by atoms with Gasteiger partial charge in [0.1, 0.15) is 0 Å². The van der Waals surface area contributed by atoms with Crippen LogP contribution in [0.4, 0.5) is 5.95 Å². The highest BCUT2D eigenvalue weighted by atomic mass is 15.3. The van der Waals surface area contributed by atoms with Crippen LogP contribution in [0.5, 0.6) is 0 Å². The fraction of sp³-hybridized carbons (Fsp3) is 0.381. The summed E-state index contributed by atoms with van der Waals surface area (Å²) in [6, 6.07) is 11.0. The predicted octanol–water partition coefficient (Wildman–Crippen LogP) is 2.92. The van der Waals surface area contributed by atoms with Crippen LogP contribution in [-0.2, 0) is 0 Å². The summed E-state index contributed by atoms with van der Waals surface area (Å²) in [5, 5.41) is 4.53. The van der Waals surface area contributed by atoms with Crippen LogP contribution in [0.25, 0.3) is 16.9 Å². The number of rotatable bonds is 3. The molecule has 2 fully saturated rings. The normalized spacial score (nSPS) is 20.0. The predicted molar refractivity (Wildman–Crippen MR) is 106 cm³/mol. The van der Waals surface area contributed by atoms with Crippen LogP contribution in [0.3, 0.4) is 0 Å². The van der Waals surface area contributed by atoms with Crippen molar-refractivity contribution in [2.24, 2.45) is 0 Å². The monoisotopic (exact) mass is 360 g/mol. The number of piperazine rings is 1. The van der Waals surface area contributed by atoms with Gasteiger partial charge in [-0.1, -0.05) is 12.1 Å². The zero-order valence-electron chi connectivity index (χ0n) is 15.6. The van der Waals surface area contributed by atoms with Crippen molar-refractivity contribution in [2.45, 2.75) is 25.8 Å². The zero-order chi connectivity index (χ0) is 18.2. The smallest absolute Gasteiger partial charge is 0.225 e. The minimum Gasteiger partial charge on any atom is -0.338 e. The van der Waals surface area contributed by atoms with Gasteiger partial charge in [-0.25, -0.2) is 14.6 Å². The number of hydrogen-bond acceptors (Lipinski definition) is 5. The van der Waals surface area contributed by atoms with Gasteiger partial charge in [-0.15, -0.1) is 0 Å². The van der Waals surface area contributed by atoms with Gasteiger partial charge in [-0.2, -0.15) is 5.10 Å². The number of hydrogen-bond donors (Lipinski definition) is 0. The average molecular weight is 360 g/mol. The molecule has 2 aliphatic heterocycles. The van der Waals surface area contributed by atoms with Gasteiger partial charge in [0.2, 0.25) is 5.95 Å². The molecule has 4 heterocycles. The molecule has 3 aromatic rings. The molecule has 0 radical (unpaired) electrons. The van der Waals surface area contributed by atoms with E-state index in [0.717, 1.165) is 42.5 Å². The Labute approximate surface area is 159 Å². The Morgan fingerprint density at radius 2 is 2.07 bits per heavy atom. The molecular formula is C21H24N6. The summed E-state index contributed by atoms with van der Waals surface area (Å²) < 4.78 is 1.90. The zero-order valence-corrected chi connectivity index (χ0v) is 15.6. The number of anilines is 1. The fourth-order valence-electron chi connectivity index (χ4n) is 4.20. The number of aromatic nitrogens is 4. The molecule has 2 aromatic heterocycles. The molecule has 1 atom stereocenters. The lowest BCUT2D eigenvalue weighted by Crippen LogP contribution is -2.50. The maximum Gasteiger partial charge on any atom is 0.225 e. The first-order valence-electron chi connectivity index (χ1n) is 9.70. The summed E-state index contributed by atoms with van der Waals surface area (Å²) in [7, 11) is 0. The van der Waals surface area contributed by atoms with Crippen LogP contribution in [0, 0.1) is 6.92 Å². The van der Waals surface area contributed by atoms with E-state index in [1.54, 1.807) is 0 Å². The largest absolute Gasteiger partial charge is 0.338 e. The lowest BCUT2D eigenvalue weighted by atomic mass is 10.1. The third-order valence-corrected chi connectivity index (χ3v) is 5.66. The molecule has 2 aliphatic rings. The standard InChI is InChI=1S/C21H24N6/c1-16-4-2-5-18(12-16)27-14-17(13-23-27)20-7-8-22-21(24-20)26-11-10-25-9-3-6-19(25)15-26/h2,4-5,7-8,12-14,19H,3,6,9-11,15H2,1H3/t19-/m0/s1. The molecule has 6 heteroatoms. The summed E-state index contributed by atoms with van der Waals surface area (Å²) in [6.07, 6.45) is 8.39. The van der Waals surface area contributed by atoms with Gasteiger partial charge < -0.3 is 4.90 Å². The first kappa shape index (κ1) is 16.4. The van der Waals surface area contributed by atoms with E-state index in [2.05, 4.69) is 51.1 Å². The van der Waals surface area contributed by atoms with Crippen molar-refractivity contribution in [2.75, 3.05) is 31.1 Å². The third-order valence-electron chi connectivity index (χ3n) is 5.66. The van der Waals surface area contributed by atoms with Gasteiger partial charge in [0.15, 0.2) is 0 Å². The van der Waals surface area contributed by atoms with Gasteiger partial charge >= 0.3 is 0 Å². The fourth-order valence-corrected chi connectivity index (χ4v) is 4.20. The van der Waals surface area contributed by atoms with Crippen molar-refractivity contribution < 1.29 is 0 Å². The van der Waals surface area contributed by atoms with Crippen LogP contribution in [0.2, 0.25) is 0 Å². The van der Waals surface area contributed by atoms with E-state index >= 15 is 0 Å². The van der Waals surface area contributed by atoms with Crippen LogP contribution in [0.15, 0.2) is 48.9 Å². The molecule has 2 saturated heterocycles. The van der Waals surface area contributed by atoms with Gasteiger partial charge in [0.05, 0.1) is 17.6 Å². The van der Waals surface area contributed by atoms with Crippen molar-refractivity contribution in [1.29, 1.82) is 0 Å². The first-order valence-corrected chi connectivity index (χ1v) is 9.70. The molecule has 6 nitrogen and oxygen atoms in total. The molecule has 0 bridgehead atoms.